The molecule has 0 amide bonds. The molecule has 0 saturated carbocycles. The van der Waals surface area contributed by atoms with E-state index in [1.165, 1.54) is 12.1 Å². The number of hydrogen-bond acceptors (Lipinski definition) is 2. The van der Waals surface area contributed by atoms with Gasteiger partial charge in [0.05, 0.1) is 0 Å². The van der Waals surface area contributed by atoms with E-state index < -0.39 is 6.10 Å². The average molecular weight is 203 g/mol. The van der Waals surface area contributed by atoms with E-state index in [4.69, 9.17) is 0 Å². The van der Waals surface area contributed by atoms with Crippen molar-refractivity contribution in [2.24, 2.45) is 0 Å². The van der Waals surface area contributed by atoms with E-state index >= 15 is 0 Å². The van der Waals surface area contributed by atoms with Gasteiger partial charge in [-0.15, -0.1) is 0 Å². The zero-order chi connectivity index (χ0) is 10.7. The van der Waals surface area contributed by atoms with Gasteiger partial charge in [0.2, 0.25) is 0 Å². The fourth-order valence-corrected chi connectivity index (χ4v) is 1.38. The van der Waals surface area contributed by atoms with Crippen LogP contribution in [-0.2, 0) is 0 Å². The standard InChI is InChI=1S/C12H10FNO/c13-11-5-3-9(4-6-11)12(15)10-2-1-7-14-8-10/h1-8,12,15H/t12-/m0/s1. The van der Waals surface area contributed by atoms with E-state index in [9.17, 15) is 9.50 Å². The van der Waals surface area contributed by atoms with Gasteiger partial charge in [-0.2, -0.15) is 0 Å². The molecule has 0 saturated heterocycles. The molecular weight excluding hydrogens is 193 g/mol. The van der Waals surface area contributed by atoms with Gasteiger partial charge in [-0.3, -0.25) is 4.98 Å². The van der Waals surface area contributed by atoms with Crippen molar-refractivity contribution in [1.82, 2.24) is 4.98 Å². The van der Waals surface area contributed by atoms with Gasteiger partial charge >= 0.3 is 0 Å². The summed E-state index contributed by atoms with van der Waals surface area (Å²) in [5.74, 6) is -0.308. The fraction of sp³-hybridized carbons (Fsp3) is 0.0833. The van der Waals surface area contributed by atoms with Crippen molar-refractivity contribution < 1.29 is 9.50 Å². The van der Waals surface area contributed by atoms with Crippen LogP contribution in [0, 0.1) is 5.82 Å². The van der Waals surface area contributed by atoms with E-state index in [1.807, 2.05) is 0 Å². The Bertz CT molecular complexity index is 427. The Morgan fingerprint density at radius 1 is 1.07 bits per heavy atom. The van der Waals surface area contributed by atoms with Crippen LogP contribution < -0.4 is 0 Å². The third kappa shape index (κ3) is 2.19. The normalized spacial score (nSPS) is 12.4. The van der Waals surface area contributed by atoms with Crippen LogP contribution >= 0.6 is 0 Å². The lowest BCUT2D eigenvalue weighted by molar-refractivity contribution is 0.220. The summed E-state index contributed by atoms with van der Waals surface area (Å²) in [6.45, 7) is 0. The summed E-state index contributed by atoms with van der Waals surface area (Å²) in [5.41, 5.74) is 1.36. The number of aliphatic hydroxyl groups excluding tert-OH is 1. The highest BCUT2D eigenvalue weighted by Gasteiger charge is 2.09. The predicted molar refractivity (Wildman–Crippen MR) is 54.7 cm³/mol. The highest BCUT2D eigenvalue weighted by molar-refractivity contribution is 5.27. The van der Waals surface area contributed by atoms with Gasteiger partial charge in [-0.25, -0.2) is 4.39 Å². The van der Waals surface area contributed by atoms with Gasteiger partial charge in [0, 0.05) is 18.0 Å². The third-order valence-electron chi connectivity index (χ3n) is 2.19. The zero-order valence-electron chi connectivity index (χ0n) is 7.97. The number of rotatable bonds is 2. The maximum absolute atomic E-state index is 12.7. The van der Waals surface area contributed by atoms with Crippen LogP contribution in [0.1, 0.15) is 17.2 Å². The molecule has 0 bridgehead atoms. The lowest BCUT2D eigenvalue weighted by atomic mass is 10.0. The number of pyridine rings is 1. The molecule has 0 aliphatic carbocycles. The second-order valence-corrected chi connectivity index (χ2v) is 3.24. The van der Waals surface area contributed by atoms with Gasteiger partial charge < -0.3 is 5.11 Å². The number of hydrogen-bond donors (Lipinski definition) is 1. The SMILES string of the molecule is O[C@@H](c1ccc(F)cc1)c1cccnc1. The van der Waals surface area contributed by atoms with Crippen molar-refractivity contribution in [2.75, 3.05) is 0 Å². The Hall–Kier alpha value is -1.74. The predicted octanol–water partition coefficient (Wildman–Crippen LogP) is 2.30. The smallest absolute Gasteiger partial charge is 0.123 e. The first-order valence-corrected chi connectivity index (χ1v) is 4.61. The molecule has 15 heavy (non-hydrogen) atoms. The second-order valence-electron chi connectivity index (χ2n) is 3.24. The first kappa shape index (κ1) is 9.80. The zero-order valence-corrected chi connectivity index (χ0v) is 7.97. The fourth-order valence-electron chi connectivity index (χ4n) is 1.38. The van der Waals surface area contributed by atoms with Crippen LogP contribution in [0.25, 0.3) is 0 Å². The Kier molecular flexibility index (Phi) is 2.74. The van der Waals surface area contributed by atoms with Crippen molar-refractivity contribution >= 4 is 0 Å². The van der Waals surface area contributed by atoms with Gasteiger partial charge in [-0.05, 0) is 23.8 Å². The van der Waals surface area contributed by atoms with Crippen LogP contribution in [0.2, 0.25) is 0 Å². The van der Waals surface area contributed by atoms with Gasteiger partial charge in [0.1, 0.15) is 11.9 Å². The Morgan fingerprint density at radius 3 is 2.40 bits per heavy atom. The largest absolute Gasteiger partial charge is 0.384 e. The average Bonchev–Trinajstić information content (AvgIpc) is 2.30. The minimum absolute atomic E-state index is 0.308. The van der Waals surface area contributed by atoms with Crippen molar-refractivity contribution in [3.05, 3.63) is 65.7 Å². The van der Waals surface area contributed by atoms with Crippen LogP contribution in [0.5, 0.6) is 0 Å². The summed E-state index contributed by atoms with van der Waals surface area (Å²) >= 11 is 0. The molecule has 76 valence electrons. The summed E-state index contributed by atoms with van der Waals surface area (Å²) < 4.78 is 12.7. The number of nitrogens with zero attached hydrogens (tertiary/aromatic N) is 1. The molecule has 1 aromatic heterocycles. The lowest BCUT2D eigenvalue weighted by Gasteiger charge is -2.10. The summed E-state index contributed by atoms with van der Waals surface area (Å²) in [5, 5.41) is 9.92. The van der Waals surface area contributed by atoms with Crippen molar-refractivity contribution in [1.29, 1.82) is 0 Å². The summed E-state index contributed by atoms with van der Waals surface area (Å²) in [7, 11) is 0. The van der Waals surface area contributed by atoms with Crippen LogP contribution in [0.3, 0.4) is 0 Å². The van der Waals surface area contributed by atoms with E-state index in [0.717, 1.165) is 0 Å². The molecule has 1 heterocycles. The topological polar surface area (TPSA) is 33.1 Å². The quantitative estimate of drug-likeness (QED) is 0.812. The van der Waals surface area contributed by atoms with Crippen molar-refractivity contribution in [2.45, 2.75) is 6.10 Å². The molecule has 2 nitrogen and oxygen atoms in total. The minimum Gasteiger partial charge on any atom is -0.384 e. The second kappa shape index (κ2) is 4.19. The molecule has 2 rings (SSSR count). The highest BCUT2D eigenvalue weighted by atomic mass is 19.1. The van der Waals surface area contributed by atoms with E-state index in [1.54, 1.807) is 36.7 Å². The van der Waals surface area contributed by atoms with Gasteiger partial charge in [0.25, 0.3) is 0 Å². The third-order valence-corrected chi connectivity index (χ3v) is 2.19. The molecule has 0 aliphatic rings. The molecule has 0 aliphatic heterocycles. The Labute approximate surface area is 87.0 Å². The number of aliphatic hydroxyl groups is 1. The number of aromatic nitrogens is 1. The first-order valence-electron chi connectivity index (χ1n) is 4.61. The molecule has 0 radical (unpaired) electrons. The summed E-state index contributed by atoms with van der Waals surface area (Å²) in [4.78, 5) is 3.91. The Balaban J connectivity index is 2.29. The molecule has 0 spiro atoms. The molecule has 3 heteroatoms. The highest BCUT2D eigenvalue weighted by Crippen LogP contribution is 2.20. The van der Waals surface area contributed by atoms with Gasteiger partial charge in [0.15, 0.2) is 0 Å². The number of halogens is 1. The lowest BCUT2D eigenvalue weighted by Crippen LogP contribution is -1.99. The van der Waals surface area contributed by atoms with E-state index in [2.05, 4.69) is 4.98 Å². The first-order chi connectivity index (χ1) is 7.27. The summed E-state index contributed by atoms with van der Waals surface area (Å²) in [6, 6.07) is 9.31. The molecule has 1 atom stereocenters. The molecule has 1 N–H and O–H groups in total. The Morgan fingerprint density at radius 2 is 1.80 bits per heavy atom. The molecule has 0 unspecified atom stereocenters. The molecule has 1 aromatic carbocycles. The van der Waals surface area contributed by atoms with Crippen LogP contribution in [0.15, 0.2) is 48.8 Å². The van der Waals surface area contributed by atoms with E-state index in [0.29, 0.717) is 11.1 Å². The summed E-state index contributed by atoms with van der Waals surface area (Å²) in [6.07, 6.45) is 2.48. The maximum Gasteiger partial charge on any atom is 0.123 e. The maximum atomic E-state index is 12.7. The van der Waals surface area contributed by atoms with E-state index in [-0.39, 0.29) is 5.82 Å². The molecule has 2 aromatic rings. The molecule has 0 fully saturated rings. The monoisotopic (exact) mass is 203 g/mol. The number of benzene rings is 1. The van der Waals surface area contributed by atoms with Crippen LogP contribution in [0.4, 0.5) is 4.39 Å². The van der Waals surface area contributed by atoms with Crippen molar-refractivity contribution in [3.63, 3.8) is 0 Å². The van der Waals surface area contributed by atoms with Gasteiger partial charge in [-0.1, -0.05) is 18.2 Å². The van der Waals surface area contributed by atoms with Crippen molar-refractivity contribution in [3.8, 4) is 0 Å². The van der Waals surface area contributed by atoms with Crippen LogP contribution in [-0.4, -0.2) is 10.1 Å². The molecular formula is C12H10FNO. The minimum atomic E-state index is -0.751.